The lowest BCUT2D eigenvalue weighted by molar-refractivity contribution is 0.116. The van der Waals surface area contributed by atoms with Crippen LogP contribution in [-0.4, -0.2) is 54.1 Å². The van der Waals surface area contributed by atoms with Crippen LogP contribution in [0.3, 0.4) is 0 Å². The standard InChI is InChI=1S/C13H25N3/c1-10-6-11(14)8-16(7-10)13-4-5-15(9-13)12-2-3-12/h10-13H,2-9,14H2,1H3. The van der Waals surface area contributed by atoms with E-state index in [0.29, 0.717) is 6.04 Å². The summed E-state index contributed by atoms with van der Waals surface area (Å²) in [5, 5.41) is 0. The third-order valence-electron chi connectivity index (χ3n) is 4.49. The molecule has 3 nitrogen and oxygen atoms in total. The molecule has 3 aliphatic rings. The smallest absolute Gasteiger partial charge is 0.0236 e. The summed E-state index contributed by atoms with van der Waals surface area (Å²) in [7, 11) is 0. The molecule has 0 aromatic carbocycles. The Morgan fingerprint density at radius 1 is 0.938 bits per heavy atom. The van der Waals surface area contributed by atoms with Gasteiger partial charge in [-0.25, -0.2) is 0 Å². The van der Waals surface area contributed by atoms with E-state index in [0.717, 1.165) is 24.5 Å². The third kappa shape index (κ3) is 2.27. The van der Waals surface area contributed by atoms with Gasteiger partial charge in [-0.15, -0.1) is 0 Å². The summed E-state index contributed by atoms with van der Waals surface area (Å²) in [4.78, 5) is 5.37. The highest BCUT2D eigenvalue weighted by Gasteiger charge is 2.37. The van der Waals surface area contributed by atoms with Crippen molar-refractivity contribution < 1.29 is 0 Å². The fourth-order valence-electron chi connectivity index (χ4n) is 3.58. The van der Waals surface area contributed by atoms with Gasteiger partial charge in [0.25, 0.3) is 0 Å². The Kier molecular flexibility index (Phi) is 2.94. The minimum atomic E-state index is 0.415. The molecule has 1 saturated carbocycles. The first kappa shape index (κ1) is 11.0. The minimum Gasteiger partial charge on any atom is -0.327 e. The molecule has 16 heavy (non-hydrogen) atoms. The Balaban J connectivity index is 1.56. The number of rotatable bonds is 2. The van der Waals surface area contributed by atoms with Crippen molar-refractivity contribution in [2.24, 2.45) is 11.7 Å². The predicted molar refractivity (Wildman–Crippen MR) is 66.3 cm³/mol. The van der Waals surface area contributed by atoms with Gasteiger partial charge in [0.05, 0.1) is 0 Å². The molecule has 2 N–H and O–H groups in total. The average molecular weight is 223 g/mol. The fourth-order valence-corrected chi connectivity index (χ4v) is 3.58. The predicted octanol–water partition coefficient (Wildman–Crippen LogP) is 0.892. The maximum atomic E-state index is 6.13. The van der Waals surface area contributed by atoms with E-state index < -0.39 is 0 Å². The van der Waals surface area contributed by atoms with Gasteiger partial charge in [-0.05, 0) is 31.6 Å². The van der Waals surface area contributed by atoms with Crippen molar-refractivity contribution in [3.63, 3.8) is 0 Å². The summed E-state index contributed by atoms with van der Waals surface area (Å²) in [6, 6.07) is 2.16. The lowest BCUT2D eigenvalue weighted by Crippen LogP contribution is -2.51. The van der Waals surface area contributed by atoms with Crippen LogP contribution >= 0.6 is 0 Å². The van der Waals surface area contributed by atoms with Gasteiger partial charge in [0.1, 0.15) is 0 Å². The van der Waals surface area contributed by atoms with Crippen LogP contribution < -0.4 is 5.73 Å². The highest BCUT2D eigenvalue weighted by Crippen LogP contribution is 2.32. The second kappa shape index (κ2) is 4.28. The Morgan fingerprint density at radius 2 is 1.75 bits per heavy atom. The molecule has 0 radical (unpaired) electrons. The van der Waals surface area contributed by atoms with Crippen LogP contribution in [0.2, 0.25) is 0 Å². The van der Waals surface area contributed by atoms with Crippen molar-refractivity contribution in [2.45, 2.75) is 50.7 Å². The van der Waals surface area contributed by atoms with Crippen LogP contribution in [0, 0.1) is 5.92 Å². The monoisotopic (exact) mass is 223 g/mol. The SMILES string of the molecule is CC1CC(N)CN(C2CCN(C3CC3)C2)C1. The van der Waals surface area contributed by atoms with Crippen LogP contribution in [0.25, 0.3) is 0 Å². The van der Waals surface area contributed by atoms with Crippen molar-refractivity contribution in [1.82, 2.24) is 9.80 Å². The molecule has 2 heterocycles. The molecular formula is C13H25N3. The molecule has 3 atom stereocenters. The molecule has 3 heteroatoms. The zero-order chi connectivity index (χ0) is 11.1. The Hall–Kier alpha value is -0.120. The van der Waals surface area contributed by atoms with E-state index in [1.165, 1.54) is 45.3 Å². The Labute approximate surface area is 99.0 Å². The largest absolute Gasteiger partial charge is 0.327 e. The first-order chi connectivity index (χ1) is 7.72. The molecule has 0 aromatic heterocycles. The van der Waals surface area contributed by atoms with Crippen molar-refractivity contribution in [1.29, 1.82) is 0 Å². The van der Waals surface area contributed by atoms with Crippen LogP contribution in [0.15, 0.2) is 0 Å². The first-order valence-electron chi connectivity index (χ1n) is 6.96. The Morgan fingerprint density at radius 3 is 2.44 bits per heavy atom. The zero-order valence-electron chi connectivity index (χ0n) is 10.4. The van der Waals surface area contributed by atoms with Gasteiger partial charge < -0.3 is 5.73 Å². The fraction of sp³-hybridized carbons (Fsp3) is 1.00. The van der Waals surface area contributed by atoms with E-state index in [1.54, 1.807) is 0 Å². The highest BCUT2D eigenvalue weighted by molar-refractivity contribution is 4.94. The van der Waals surface area contributed by atoms with Gasteiger partial charge in [0.2, 0.25) is 0 Å². The normalized spacial score (nSPS) is 42.8. The number of likely N-dealkylation sites (tertiary alicyclic amines) is 2. The molecule has 0 bridgehead atoms. The third-order valence-corrected chi connectivity index (χ3v) is 4.49. The van der Waals surface area contributed by atoms with Crippen molar-refractivity contribution in [3.8, 4) is 0 Å². The van der Waals surface area contributed by atoms with Gasteiger partial charge in [-0.3, -0.25) is 9.80 Å². The van der Waals surface area contributed by atoms with Crippen molar-refractivity contribution >= 4 is 0 Å². The molecule has 2 saturated heterocycles. The zero-order valence-corrected chi connectivity index (χ0v) is 10.4. The maximum absolute atomic E-state index is 6.13. The van der Waals surface area contributed by atoms with E-state index >= 15 is 0 Å². The average Bonchev–Trinajstić information content (AvgIpc) is 2.95. The second-order valence-corrected chi connectivity index (χ2v) is 6.22. The molecule has 1 aliphatic carbocycles. The molecule has 3 rings (SSSR count). The summed E-state index contributed by atoms with van der Waals surface area (Å²) in [5.41, 5.74) is 6.13. The van der Waals surface area contributed by atoms with Crippen LogP contribution in [0.5, 0.6) is 0 Å². The van der Waals surface area contributed by atoms with E-state index in [1.807, 2.05) is 0 Å². The summed E-state index contributed by atoms with van der Waals surface area (Å²) in [6.45, 7) is 7.39. The summed E-state index contributed by atoms with van der Waals surface area (Å²) in [5.74, 6) is 0.790. The number of nitrogens with two attached hydrogens (primary N) is 1. The number of piperidine rings is 1. The summed E-state index contributed by atoms with van der Waals surface area (Å²) < 4.78 is 0. The second-order valence-electron chi connectivity index (χ2n) is 6.22. The molecule has 0 aromatic rings. The number of hydrogen-bond donors (Lipinski definition) is 1. The van der Waals surface area contributed by atoms with Crippen LogP contribution in [0.1, 0.15) is 32.6 Å². The first-order valence-corrected chi connectivity index (χ1v) is 6.96. The van der Waals surface area contributed by atoms with Gasteiger partial charge in [-0.1, -0.05) is 6.92 Å². The Bertz CT molecular complexity index is 242. The quantitative estimate of drug-likeness (QED) is 0.755. The molecule has 0 spiro atoms. The van der Waals surface area contributed by atoms with Gasteiger partial charge in [0.15, 0.2) is 0 Å². The highest BCUT2D eigenvalue weighted by atomic mass is 15.3. The van der Waals surface area contributed by atoms with Gasteiger partial charge >= 0.3 is 0 Å². The van der Waals surface area contributed by atoms with Crippen LogP contribution in [-0.2, 0) is 0 Å². The van der Waals surface area contributed by atoms with Gasteiger partial charge in [0, 0.05) is 44.3 Å². The topological polar surface area (TPSA) is 32.5 Å². The van der Waals surface area contributed by atoms with E-state index in [9.17, 15) is 0 Å². The van der Waals surface area contributed by atoms with E-state index in [2.05, 4.69) is 16.7 Å². The summed E-state index contributed by atoms with van der Waals surface area (Å²) >= 11 is 0. The summed E-state index contributed by atoms with van der Waals surface area (Å²) in [6.07, 6.45) is 5.48. The molecule has 3 fully saturated rings. The lowest BCUT2D eigenvalue weighted by atomic mass is 9.95. The molecule has 2 aliphatic heterocycles. The number of nitrogens with zero attached hydrogens (tertiary/aromatic N) is 2. The van der Waals surface area contributed by atoms with Crippen molar-refractivity contribution in [2.75, 3.05) is 26.2 Å². The lowest BCUT2D eigenvalue weighted by Gasteiger charge is -2.38. The molecule has 0 amide bonds. The maximum Gasteiger partial charge on any atom is 0.0236 e. The number of hydrogen-bond acceptors (Lipinski definition) is 3. The minimum absolute atomic E-state index is 0.415. The van der Waals surface area contributed by atoms with Crippen LogP contribution in [0.4, 0.5) is 0 Å². The van der Waals surface area contributed by atoms with Crippen molar-refractivity contribution in [3.05, 3.63) is 0 Å². The molecule has 92 valence electrons. The molecular weight excluding hydrogens is 198 g/mol. The van der Waals surface area contributed by atoms with E-state index in [4.69, 9.17) is 5.73 Å². The van der Waals surface area contributed by atoms with Gasteiger partial charge in [-0.2, -0.15) is 0 Å². The van der Waals surface area contributed by atoms with E-state index in [-0.39, 0.29) is 0 Å². The molecule has 3 unspecified atom stereocenters.